The van der Waals surface area contributed by atoms with Crippen LogP contribution in [0.15, 0.2) is 24.4 Å². The quantitative estimate of drug-likeness (QED) is 0.311. The predicted octanol–water partition coefficient (Wildman–Crippen LogP) is 1.11. The number of nitrogens with two attached hydrogens (primary N) is 1. The third-order valence-corrected chi connectivity index (χ3v) is 1.88. The number of hydrogen-bond acceptors (Lipinski definition) is 5. The van der Waals surface area contributed by atoms with Crippen molar-refractivity contribution in [2.45, 2.75) is 19.9 Å². The van der Waals surface area contributed by atoms with E-state index in [2.05, 4.69) is 19.4 Å². The topological polar surface area (TPSA) is 55.6 Å². The Hall–Kier alpha value is -0.940. The first-order valence-electron chi connectivity index (χ1n) is 4.73. The highest BCUT2D eigenvalue weighted by Crippen LogP contribution is 2.07. The molecule has 0 aliphatic carbocycles. The van der Waals surface area contributed by atoms with Gasteiger partial charge in [0.1, 0.15) is 0 Å². The molecule has 0 aromatic heterocycles. The molecule has 0 aromatic rings. The van der Waals surface area contributed by atoms with Crippen LogP contribution in [0.4, 0.5) is 0 Å². The smallest absolute Gasteiger partial charge is 0.337 e. The summed E-state index contributed by atoms with van der Waals surface area (Å²) in [6, 6.07) is -0.386. The highest BCUT2D eigenvalue weighted by molar-refractivity contribution is 7.77. The maximum absolute atomic E-state index is 11.5. The molecule has 0 aliphatic rings. The average Bonchev–Trinajstić information content (AvgIpc) is 2.14. The van der Waals surface area contributed by atoms with Gasteiger partial charge < -0.3 is 14.8 Å². The van der Waals surface area contributed by atoms with E-state index < -0.39 is 5.97 Å². The van der Waals surface area contributed by atoms with Gasteiger partial charge in [-0.05, 0) is 13.8 Å². The standard InChI is InChI=1S/C10H18N2O2S/c1-4-6-12(15)7-9(8(3)11)10(13)14-5-2/h4,7-8,15H,1,5-6,11H2,2-3H3/b9-7+. The molecule has 86 valence electrons. The van der Waals surface area contributed by atoms with Crippen molar-refractivity contribution in [3.8, 4) is 0 Å². The molecule has 0 aromatic carbocycles. The van der Waals surface area contributed by atoms with Crippen molar-refractivity contribution in [1.82, 2.24) is 4.31 Å². The molecule has 0 saturated carbocycles. The summed E-state index contributed by atoms with van der Waals surface area (Å²) < 4.78 is 6.40. The van der Waals surface area contributed by atoms with E-state index in [4.69, 9.17) is 10.5 Å². The number of carbonyl (C=O) groups is 1. The lowest BCUT2D eigenvalue weighted by Gasteiger charge is -2.15. The van der Waals surface area contributed by atoms with Crippen molar-refractivity contribution in [3.05, 3.63) is 24.4 Å². The lowest BCUT2D eigenvalue weighted by atomic mass is 10.1. The Morgan fingerprint density at radius 1 is 1.73 bits per heavy atom. The van der Waals surface area contributed by atoms with Gasteiger partial charge in [0.25, 0.3) is 0 Å². The van der Waals surface area contributed by atoms with E-state index in [1.165, 1.54) is 4.31 Å². The average molecular weight is 230 g/mol. The number of esters is 1. The fourth-order valence-corrected chi connectivity index (χ4v) is 1.16. The minimum Gasteiger partial charge on any atom is -0.463 e. The van der Waals surface area contributed by atoms with Crippen LogP contribution in [-0.4, -0.2) is 29.5 Å². The summed E-state index contributed by atoms with van der Waals surface area (Å²) in [5.41, 5.74) is 6.05. The molecule has 0 rings (SSSR count). The molecule has 0 saturated heterocycles. The third-order valence-electron chi connectivity index (χ3n) is 1.61. The summed E-state index contributed by atoms with van der Waals surface area (Å²) in [4.78, 5) is 11.5. The van der Waals surface area contributed by atoms with Gasteiger partial charge in [-0.3, -0.25) is 0 Å². The first-order chi connectivity index (χ1) is 7.02. The molecular formula is C10H18N2O2S. The van der Waals surface area contributed by atoms with E-state index in [0.717, 1.165) is 0 Å². The number of carbonyl (C=O) groups excluding carboxylic acids is 1. The van der Waals surface area contributed by atoms with Crippen LogP contribution in [0, 0.1) is 0 Å². The highest BCUT2D eigenvalue weighted by Gasteiger charge is 2.15. The van der Waals surface area contributed by atoms with Crippen LogP contribution in [0.1, 0.15) is 13.8 Å². The van der Waals surface area contributed by atoms with Crippen LogP contribution in [0.3, 0.4) is 0 Å². The lowest BCUT2D eigenvalue weighted by Crippen LogP contribution is -2.27. The van der Waals surface area contributed by atoms with Gasteiger partial charge >= 0.3 is 5.97 Å². The molecule has 1 atom stereocenters. The molecule has 5 heteroatoms. The van der Waals surface area contributed by atoms with Gasteiger partial charge in [0.2, 0.25) is 0 Å². The number of hydrogen-bond donors (Lipinski definition) is 2. The Kier molecular flexibility index (Phi) is 6.90. The largest absolute Gasteiger partial charge is 0.463 e. The first kappa shape index (κ1) is 14.1. The normalized spacial score (nSPS) is 13.2. The molecule has 2 N–H and O–H groups in total. The minimum absolute atomic E-state index is 0.330. The first-order valence-corrected chi connectivity index (χ1v) is 5.13. The third kappa shape index (κ3) is 5.49. The van der Waals surface area contributed by atoms with Gasteiger partial charge in [0.15, 0.2) is 0 Å². The summed E-state index contributed by atoms with van der Waals surface area (Å²) in [7, 11) is 0. The second-order valence-corrected chi connectivity index (χ2v) is 3.52. The van der Waals surface area contributed by atoms with E-state index >= 15 is 0 Å². The van der Waals surface area contributed by atoms with Crippen molar-refractivity contribution < 1.29 is 9.53 Å². The maximum Gasteiger partial charge on any atom is 0.337 e. The van der Waals surface area contributed by atoms with Crippen LogP contribution in [0.2, 0.25) is 0 Å². The summed E-state index contributed by atoms with van der Waals surface area (Å²) in [6.45, 7) is 7.89. The Balaban J connectivity index is 4.64. The summed E-state index contributed by atoms with van der Waals surface area (Å²) in [5, 5.41) is 0. The zero-order valence-electron chi connectivity index (χ0n) is 9.14. The molecule has 0 spiro atoms. The van der Waals surface area contributed by atoms with Gasteiger partial charge in [-0.1, -0.05) is 18.9 Å². The monoisotopic (exact) mass is 230 g/mol. The van der Waals surface area contributed by atoms with Gasteiger partial charge in [0, 0.05) is 18.8 Å². The number of nitrogens with zero attached hydrogens (tertiary/aromatic N) is 1. The van der Waals surface area contributed by atoms with Crippen molar-refractivity contribution in [2.75, 3.05) is 13.2 Å². The maximum atomic E-state index is 11.5. The minimum atomic E-state index is -0.407. The van der Waals surface area contributed by atoms with Crippen molar-refractivity contribution >= 4 is 18.8 Å². The van der Waals surface area contributed by atoms with Gasteiger partial charge in [-0.15, -0.1) is 6.58 Å². The summed E-state index contributed by atoms with van der Waals surface area (Å²) in [5.74, 6) is -0.407. The highest BCUT2D eigenvalue weighted by atomic mass is 32.1. The molecule has 0 aliphatic heterocycles. The SMILES string of the molecule is C=CCN(S)/C=C(/C(=O)OCC)C(C)N. The lowest BCUT2D eigenvalue weighted by molar-refractivity contribution is -0.138. The predicted molar refractivity (Wildman–Crippen MR) is 64.3 cm³/mol. The van der Waals surface area contributed by atoms with Crippen LogP contribution >= 0.6 is 12.8 Å². The van der Waals surface area contributed by atoms with Crippen molar-refractivity contribution in [3.63, 3.8) is 0 Å². The van der Waals surface area contributed by atoms with E-state index in [0.29, 0.717) is 18.7 Å². The second kappa shape index (κ2) is 7.36. The van der Waals surface area contributed by atoms with Gasteiger partial charge in [-0.2, -0.15) is 0 Å². The van der Waals surface area contributed by atoms with Crippen LogP contribution < -0.4 is 5.73 Å². The number of thiol groups is 1. The van der Waals surface area contributed by atoms with E-state index in [-0.39, 0.29) is 6.04 Å². The fourth-order valence-electron chi connectivity index (χ4n) is 0.916. The summed E-state index contributed by atoms with van der Waals surface area (Å²) >= 11 is 4.13. The molecule has 0 amide bonds. The fraction of sp³-hybridized carbons (Fsp3) is 0.500. The molecular weight excluding hydrogens is 212 g/mol. The zero-order valence-corrected chi connectivity index (χ0v) is 10.0. The van der Waals surface area contributed by atoms with E-state index in [1.54, 1.807) is 26.1 Å². The molecule has 1 unspecified atom stereocenters. The van der Waals surface area contributed by atoms with Gasteiger partial charge in [-0.25, -0.2) is 4.79 Å². The second-order valence-electron chi connectivity index (χ2n) is 3.00. The molecule has 4 nitrogen and oxygen atoms in total. The van der Waals surface area contributed by atoms with Crippen LogP contribution in [0.5, 0.6) is 0 Å². The van der Waals surface area contributed by atoms with Crippen molar-refractivity contribution in [2.24, 2.45) is 5.73 Å². The summed E-state index contributed by atoms with van der Waals surface area (Å²) in [6.07, 6.45) is 3.24. The Bertz CT molecular complexity index is 252. The molecule has 0 fully saturated rings. The van der Waals surface area contributed by atoms with Crippen LogP contribution in [0.25, 0.3) is 0 Å². The molecule has 15 heavy (non-hydrogen) atoms. The zero-order chi connectivity index (χ0) is 11.8. The molecule has 0 heterocycles. The molecule has 0 radical (unpaired) electrons. The van der Waals surface area contributed by atoms with Crippen LogP contribution in [-0.2, 0) is 9.53 Å². The Morgan fingerprint density at radius 3 is 2.73 bits per heavy atom. The Morgan fingerprint density at radius 2 is 2.33 bits per heavy atom. The van der Waals surface area contributed by atoms with Gasteiger partial charge in [0.05, 0.1) is 12.2 Å². The van der Waals surface area contributed by atoms with E-state index in [1.807, 2.05) is 0 Å². The van der Waals surface area contributed by atoms with E-state index in [9.17, 15) is 4.79 Å². The van der Waals surface area contributed by atoms with Crippen molar-refractivity contribution in [1.29, 1.82) is 0 Å². The Labute approximate surface area is 96.3 Å². The number of rotatable bonds is 6. The molecule has 0 bridgehead atoms. The number of ether oxygens (including phenoxy) is 1.